The number of carbonyl (C=O) groups is 2. The second-order valence-corrected chi connectivity index (χ2v) is 6.81. The Morgan fingerprint density at radius 2 is 1.31 bits per heavy atom. The quantitative estimate of drug-likeness (QED) is 0.712. The maximum atomic E-state index is 13.3. The van der Waals surface area contributed by atoms with Crippen molar-refractivity contribution in [2.45, 2.75) is 6.54 Å². The molecule has 2 amide bonds. The van der Waals surface area contributed by atoms with Crippen LogP contribution < -0.4 is 4.90 Å². The summed E-state index contributed by atoms with van der Waals surface area (Å²) >= 11 is 0. The largest absolute Gasteiger partial charge is 0.508 e. The van der Waals surface area contributed by atoms with Gasteiger partial charge in [0.05, 0.1) is 6.54 Å². The first-order valence-corrected chi connectivity index (χ1v) is 9.02. The maximum absolute atomic E-state index is 13.3. The fourth-order valence-electron chi connectivity index (χ4n) is 2.85. The Morgan fingerprint density at radius 3 is 1.86 bits per heavy atom. The van der Waals surface area contributed by atoms with E-state index in [1.165, 1.54) is 29.2 Å². The molecule has 6 heteroatoms. The minimum absolute atomic E-state index is 0.0678. The first-order chi connectivity index (χ1) is 13.8. The predicted molar refractivity (Wildman–Crippen MR) is 109 cm³/mol. The monoisotopic (exact) mass is 392 g/mol. The van der Waals surface area contributed by atoms with Gasteiger partial charge in [-0.1, -0.05) is 12.1 Å². The first-order valence-electron chi connectivity index (χ1n) is 9.02. The number of hydrogen-bond donors (Lipinski definition) is 1. The number of amides is 2. The standard InChI is InChI=1S/C23H21FN2O3/c1-25(2)22(28)17-5-11-20(12-6-17)26(15-16-3-9-19(24)10-4-16)23(29)18-7-13-21(27)14-8-18/h3-14,27H,15H2,1-2H3. The molecule has 0 aliphatic rings. The number of nitrogens with zero attached hydrogens (tertiary/aromatic N) is 2. The number of anilines is 1. The Hall–Kier alpha value is -3.67. The van der Waals surface area contributed by atoms with Crippen LogP contribution in [0.2, 0.25) is 0 Å². The third-order valence-electron chi connectivity index (χ3n) is 4.45. The highest BCUT2D eigenvalue weighted by Gasteiger charge is 2.19. The summed E-state index contributed by atoms with van der Waals surface area (Å²) in [6, 6.07) is 18.7. The van der Waals surface area contributed by atoms with Crippen molar-refractivity contribution in [3.63, 3.8) is 0 Å². The predicted octanol–water partition coefficient (Wildman–Crippen LogP) is 4.08. The molecular formula is C23H21FN2O3. The lowest BCUT2D eigenvalue weighted by atomic mass is 10.1. The van der Waals surface area contributed by atoms with Gasteiger partial charge in [-0.15, -0.1) is 0 Å². The van der Waals surface area contributed by atoms with Crippen LogP contribution in [0.5, 0.6) is 5.75 Å². The summed E-state index contributed by atoms with van der Waals surface area (Å²) in [5.74, 6) is -0.692. The summed E-state index contributed by atoms with van der Waals surface area (Å²) in [4.78, 5) is 28.3. The normalized spacial score (nSPS) is 10.4. The number of phenolic OH excluding ortho intramolecular Hbond substituents is 1. The average molecular weight is 392 g/mol. The summed E-state index contributed by atoms with van der Waals surface area (Å²) < 4.78 is 13.3. The van der Waals surface area contributed by atoms with Gasteiger partial charge in [0.2, 0.25) is 0 Å². The van der Waals surface area contributed by atoms with E-state index >= 15 is 0 Å². The average Bonchev–Trinajstić information content (AvgIpc) is 2.73. The fourth-order valence-corrected chi connectivity index (χ4v) is 2.85. The second kappa shape index (κ2) is 8.56. The number of carbonyl (C=O) groups excluding carboxylic acids is 2. The van der Waals surface area contributed by atoms with Gasteiger partial charge in [-0.25, -0.2) is 4.39 Å². The molecule has 0 atom stereocenters. The smallest absolute Gasteiger partial charge is 0.258 e. The fraction of sp³-hybridized carbons (Fsp3) is 0.130. The molecule has 29 heavy (non-hydrogen) atoms. The van der Waals surface area contributed by atoms with Gasteiger partial charge in [0.25, 0.3) is 11.8 Å². The molecule has 0 unspecified atom stereocenters. The molecule has 1 N–H and O–H groups in total. The van der Waals surface area contributed by atoms with E-state index in [-0.39, 0.29) is 29.9 Å². The number of phenols is 1. The van der Waals surface area contributed by atoms with Crippen molar-refractivity contribution < 1.29 is 19.1 Å². The summed E-state index contributed by atoms with van der Waals surface area (Å²) in [6.07, 6.45) is 0. The molecule has 0 aromatic heterocycles. The minimum Gasteiger partial charge on any atom is -0.508 e. The van der Waals surface area contributed by atoms with Crippen molar-refractivity contribution in [2.24, 2.45) is 0 Å². The van der Waals surface area contributed by atoms with Crippen LogP contribution in [0.3, 0.4) is 0 Å². The van der Waals surface area contributed by atoms with Crippen LogP contribution in [0.15, 0.2) is 72.8 Å². The molecular weight excluding hydrogens is 371 g/mol. The molecule has 3 aromatic carbocycles. The zero-order valence-corrected chi connectivity index (χ0v) is 16.2. The Balaban J connectivity index is 1.95. The van der Waals surface area contributed by atoms with Gasteiger partial charge in [0.15, 0.2) is 0 Å². The van der Waals surface area contributed by atoms with Crippen LogP contribution >= 0.6 is 0 Å². The molecule has 0 aliphatic heterocycles. The lowest BCUT2D eigenvalue weighted by Gasteiger charge is -2.24. The van der Waals surface area contributed by atoms with Crippen molar-refractivity contribution in [1.82, 2.24) is 4.90 Å². The van der Waals surface area contributed by atoms with Gasteiger partial charge < -0.3 is 14.9 Å². The van der Waals surface area contributed by atoms with E-state index < -0.39 is 0 Å². The minimum atomic E-state index is -0.350. The van der Waals surface area contributed by atoms with E-state index in [2.05, 4.69) is 0 Å². The van der Waals surface area contributed by atoms with Crippen molar-refractivity contribution >= 4 is 17.5 Å². The first kappa shape index (κ1) is 20.1. The highest BCUT2D eigenvalue weighted by atomic mass is 19.1. The summed E-state index contributed by atoms with van der Waals surface area (Å²) in [5.41, 5.74) is 2.27. The van der Waals surface area contributed by atoms with E-state index in [9.17, 15) is 19.1 Å². The van der Waals surface area contributed by atoms with Crippen LogP contribution in [0.1, 0.15) is 26.3 Å². The van der Waals surface area contributed by atoms with Gasteiger partial charge in [0, 0.05) is 30.9 Å². The van der Waals surface area contributed by atoms with Crippen molar-refractivity contribution in [1.29, 1.82) is 0 Å². The molecule has 0 fully saturated rings. The summed E-state index contributed by atoms with van der Waals surface area (Å²) in [6.45, 7) is 0.223. The molecule has 0 aliphatic carbocycles. The molecule has 3 rings (SSSR count). The third kappa shape index (κ3) is 4.79. The highest BCUT2D eigenvalue weighted by molar-refractivity contribution is 6.06. The number of aromatic hydroxyl groups is 1. The molecule has 5 nitrogen and oxygen atoms in total. The van der Waals surface area contributed by atoms with Crippen molar-refractivity contribution in [3.05, 3.63) is 95.3 Å². The van der Waals surface area contributed by atoms with E-state index in [0.29, 0.717) is 16.8 Å². The zero-order valence-electron chi connectivity index (χ0n) is 16.2. The van der Waals surface area contributed by atoms with E-state index in [4.69, 9.17) is 0 Å². The summed E-state index contributed by atoms with van der Waals surface area (Å²) in [7, 11) is 3.34. The Morgan fingerprint density at radius 1 is 0.793 bits per heavy atom. The Labute approximate surface area is 168 Å². The van der Waals surface area contributed by atoms with E-state index in [0.717, 1.165) is 5.56 Å². The summed E-state index contributed by atoms with van der Waals surface area (Å²) in [5, 5.41) is 9.49. The van der Waals surface area contributed by atoms with E-state index in [1.54, 1.807) is 67.5 Å². The van der Waals surface area contributed by atoms with Gasteiger partial charge in [-0.3, -0.25) is 9.59 Å². The van der Waals surface area contributed by atoms with Crippen molar-refractivity contribution in [3.8, 4) is 5.75 Å². The second-order valence-electron chi connectivity index (χ2n) is 6.81. The molecule has 0 heterocycles. The number of benzene rings is 3. The number of hydrogen-bond acceptors (Lipinski definition) is 3. The van der Waals surface area contributed by atoms with Crippen LogP contribution in [-0.2, 0) is 6.54 Å². The molecule has 3 aromatic rings. The lowest BCUT2D eigenvalue weighted by Crippen LogP contribution is -2.30. The van der Waals surface area contributed by atoms with Crippen LogP contribution in [0.4, 0.5) is 10.1 Å². The van der Waals surface area contributed by atoms with Gasteiger partial charge in [0.1, 0.15) is 11.6 Å². The molecule has 0 spiro atoms. The van der Waals surface area contributed by atoms with E-state index in [1.807, 2.05) is 0 Å². The molecule has 148 valence electrons. The Kier molecular flexibility index (Phi) is 5.93. The molecule has 0 saturated heterocycles. The SMILES string of the molecule is CN(C)C(=O)c1ccc(N(Cc2ccc(F)cc2)C(=O)c2ccc(O)cc2)cc1. The zero-order chi connectivity index (χ0) is 21.0. The lowest BCUT2D eigenvalue weighted by molar-refractivity contribution is 0.0827. The Bertz CT molecular complexity index is 998. The number of halogens is 1. The van der Waals surface area contributed by atoms with Crippen LogP contribution in [0.25, 0.3) is 0 Å². The van der Waals surface area contributed by atoms with Crippen LogP contribution in [-0.4, -0.2) is 35.9 Å². The molecule has 0 saturated carbocycles. The molecule has 0 radical (unpaired) electrons. The molecule has 0 bridgehead atoms. The topological polar surface area (TPSA) is 60.9 Å². The van der Waals surface area contributed by atoms with Gasteiger partial charge >= 0.3 is 0 Å². The van der Waals surface area contributed by atoms with Gasteiger partial charge in [-0.05, 0) is 66.2 Å². The maximum Gasteiger partial charge on any atom is 0.258 e. The van der Waals surface area contributed by atoms with Gasteiger partial charge in [-0.2, -0.15) is 0 Å². The van der Waals surface area contributed by atoms with Crippen molar-refractivity contribution in [2.75, 3.05) is 19.0 Å². The van der Waals surface area contributed by atoms with Crippen LogP contribution in [0, 0.1) is 5.82 Å². The third-order valence-corrected chi connectivity index (χ3v) is 4.45. The highest BCUT2D eigenvalue weighted by Crippen LogP contribution is 2.22. The number of rotatable bonds is 5.